The quantitative estimate of drug-likeness (QED) is 0.788. The molecular formula is C18H28N2O2. The molecule has 0 atom stereocenters. The van der Waals surface area contributed by atoms with Gasteiger partial charge in [0.1, 0.15) is 5.75 Å². The van der Waals surface area contributed by atoms with E-state index in [1.807, 2.05) is 17.0 Å². The van der Waals surface area contributed by atoms with Crippen molar-refractivity contribution < 1.29 is 9.90 Å². The van der Waals surface area contributed by atoms with Gasteiger partial charge < -0.3 is 14.9 Å². The number of benzene rings is 1. The molecule has 1 amide bonds. The van der Waals surface area contributed by atoms with Crippen LogP contribution in [0.5, 0.6) is 5.75 Å². The lowest BCUT2D eigenvalue weighted by Gasteiger charge is -2.32. The van der Waals surface area contributed by atoms with Gasteiger partial charge in [-0.1, -0.05) is 25.0 Å². The maximum atomic E-state index is 12.1. The standard InChI is InChI=1S/C18H28N2O2/c1-19-12-14-20(15-13-19)18(22)7-5-3-2-4-6-16-8-10-17(21)11-9-16/h8-11,21H,2-7,12-15H2,1H3. The molecular weight excluding hydrogens is 276 g/mol. The van der Waals surface area contributed by atoms with Gasteiger partial charge in [-0.05, 0) is 44.0 Å². The average molecular weight is 304 g/mol. The SMILES string of the molecule is CN1CCN(C(=O)CCCCCCc2ccc(O)cc2)CC1. The molecule has 0 bridgehead atoms. The second-order valence-electron chi connectivity index (χ2n) is 6.26. The molecule has 1 aromatic carbocycles. The largest absolute Gasteiger partial charge is 0.508 e. The first-order chi connectivity index (χ1) is 10.6. The number of hydrogen-bond acceptors (Lipinski definition) is 3. The van der Waals surface area contributed by atoms with Gasteiger partial charge in [0.2, 0.25) is 5.91 Å². The Morgan fingerprint density at radius 2 is 1.64 bits per heavy atom. The zero-order chi connectivity index (χ0) is 15.8. The highest BCUT2D eigenvalue weighted by molar-refractivity contribution is 5.76. The molecule has 0 aliphatic carbocycles. The first kappa shape index (κ1) is 16.8. The van der Waals surface area contributed by atoms with E-state index < -0.39 is 0 Å². The van der Waals surface area contributed by atoms with Crippen molar-refractivity contribution in [3.05, 3.63) is 29.8 Å². The molecule has 0 spiro atoms. The molecule has 1 aliphatic rings. The van der Waals surface area contributed by atoms with Crippen molar-refractivity contribution in [2.75, 3.05) is 33.2 Å². The van der Waals surface area contributed by atoms with E-state index in [0.29, 0.717) is 18.1 Å². The third-order valence-electron chi connectivity index (χ3n) is 4.40. The monoisotopic (exact) mass is 304 g/mol. The van der Waals surface area contributed by atoms with Crippen LogP contribution >= 0.6 is 0 Å². The van der Waals surface area contributed by atoms with E-state index in [1.165, 1.54) is 5.56 Å². The van der Waals surface area contributed by atoms with E-state index in [4.69, 9.17) is 0 Å². The van der Waals surface area contributed by atoms with Crippen molar-refractivity contribution in [1.82, 2.24) is 9.80 Å². The van der Waals surface area contributed by atoms with E-state index in [9.17, 15) is 9.90 Å². The van der Waals surface area contributed by atoms with Crippen LogP contribution in [0.4, 0.5) is 0 Å². The number of nitrogens with zero attached hydrogens (tertiary/aromatic N) is 2. The van der Waals surface area contributed by atoms with Gasteiger partial charge in [0, 0.05) is 32.6 Å². The molecule has 1 saturated heterocycles. The van der Waals surface area contributed by atoms with Gasteiger partial charge in [0.05, 0.1) is 0 Å². The lowest BCUT2D eigenvalue weighted by Crippen LogP contribution is -2.47. The third-order valence-corrected chi connectivity index (χ3v) is 4.40. The van der Waals surface area contributed by atoms with Gasteiger partial charge in [-0.3, -0.25) is 4.79 Å². The molecule has 122 valence electrons. The number of unbranched alkanes of at least 4 members (excludes halogenated alkanes) is 3. The smallest absolute Gasteiger partial charge is 0.222 e. The van der Waals surface area contributed by atoms with E-state index in [2.05, 4.69) is 11.9 Å². The molecule has 2 rings (SSSR count). The Bertz CT molecular complexity index is 451. The third kappa shape index (κ3) is 5.68. The Hall–Kier alpha value is -1.55. The van der Waals surface area contributed by atoms with Crippen LogP contribution in [-0.2, 0) is 11.2 Å². The summed E-state index contributed by atoms with van der Waals surface area (Å²) in [5, 5.41) is 9.23. The molecule has 1 N–H and O–H groups in total. The topological polar surface area (TPSA) is 43.8 Å². The highest BCUT2D eigenvalue weighted by Gasteiger charge is 2.18. The van der Waals surface area contributed by atoms with E-state index in [-0.39, 0.29) is 0 Å². The van der Waals surface area contributed by atoms with Gasteiger partial charge >= 0.3 is 0 Å². The second kappa shape index (κ2) is 8.79. The predicted molar refractivity (Wildman–Crippen MR) is 89.0 cm³/mol. The first-order valence-corrected chi connectivity index (χ1v) is 8.39. The molecule has 0 saturated carbocycles. The van der Waals surface area contributed by atoms with Crippen LogP contribution in [0.3, 0.4) is 0 Å². The number of carbonyl (C=O) groups excluding carboxylic acids is 1. The molecule has 4 heteroatoms. The molecule has 0 aromatic heterocycles. The Morgan fingerprint density at radius 3 is 2.32 bits per heavy atom. The fraction of sp³-hybridized carbons (Fsp3) is 0.611. The molecule has 1 fully saturated rings. The number of phenolic OH excluding ortho intramolecular Hbond substituents is 1. The molecule has 1 aromatic rings. The molecule has 1 aliphatic heterocycles. The lowest BCUT2D eigenvalue weighted by atomic mass is 10.1. The van der Waals surface area contributed by atoms with Gasteiger partial charge in [-0.15, -0.1) is 0 Å². The zero-order valence-corrected chi connectivity index (χ0v) is 13.6. The summed E-state index contributed by atoms with van der Waals surface area (Å²) in [5.41, 5.74) is 1.27. The summed E-state index contributed by atoms with van der Waals surface area (Å²) >= 11 is 0. The Morgan fingerprint density at radius 1 is 1.00 bits per heavy atom. The second-order valence-corrected chi connectivity index (χ2v) is 6.26. The maximum Gasteiger partial charge on any atom is 0.222 e. The Balaban J connectivity index is 1.52. The van der Waals surface area contributed by atoms with Crippen molar-refractivity contribution in [2.45, 2.75) is 38.5 Å². The summed E-state index contributed by atoms with van der Waals surface area (Å²) in [6.07, 6.45) is 6.18. The fourth-order valence-corrected chi connectivity index (χ4v) is 2.84. The molecule has 22 heavy (non-hydrogen) atoms. The summed E-state index contributed by atoms with van der Waals surface area (Å²) < 4.78 is 0. The van der Waals surface area contributed by atoms with Crippen molar-refractivity contribution >= 4 is 5.91 Å². The van der Waals surface area contributed by atoms with Crippen molar-refractivity contribution in [1.29, 1.82) is 0 Å². The Labute approximate surface area is 133 Å². The number of phenols is 1. The Kier molecular flexibility index (Phi) is 6.72. The highest BCUT2D eigenvalue weighted by Crippen LogP contribution is 2.13. The van der Waals surface area contributed by atoms with E-state index in [0.717, 1.165) is 58.3 Å². The number of hydrogen-bond donors (Lipinski definition) is 1. The molecule has 1 heterocycles. The van der Waals surface area contributed by atoms with E-state index in [1.54, 1.807) is 12.1 Å². The average Bonchev–Trinajstić information content (AvgIpc) is 2.53. The number of carbonyl (C=O) groups is 1. The van der Waals surface area contributed by atoms with E-state index >= 15 is 0 Å². The summed E-state index contributed by atoms with van der Waals surface area (Å²) in [5.74, 6) is 0.651. The van der Waals surface area contributed by atoms with Gasteiger partial charge in [-0.2, -0.15) is 0 Å². The summed E-state index contributed by atoms with van der Waals surface area (Å²) in [6, 6.07) is 7.44. The van der Waals surface area contributed by atoms with Gasteiger partial charge in [0.15, 0.2) is 0 Å². The molecule has 4 nitrogen and oxygen atoms in total. The van der Waals surface area contributed by atoms with Crippen LogP contribution in [-0.4, -0.2) is 54.0 Å². The minimum atomic E-state index is 0.325. The summed E-state index contributed by atoms with van der Waals surface area (Å²) in [4.78, 5) is 16.4. The first-order valence-electron chi connectivity index (χ1n) is 8.39. The number of likely N-dealkylation sites (N-methyl/N-ethyl adjacent to an activating group) is 1. The molecule has 0 radical (unpaired) electrons. The number of aromatic hydroxyl groups is 1. The van der Waals surface area contributed by atoms with Gasteiger partial charge in [-0.25, -0.2) is 0 Å². The van der Waals surface area contributed by atoms with Crippen LogP contribution in [0.15, 0.2) is 24.3 Å². The van der Waals surface area contributed by atoms with Crippen molar-refractivity contribution in [3.8, 4) is 5.75 Å². The predicted octanol–water partition coefficient (Wildman–Crippen LogP) is 2.66. The normalized spacial score (nSPS) is 16.0. The van der Waals surface area contributed by atoms with Crippen LogP contribution < -0.4 is 0 Å². The fourth-order valence-electron chi connectivity index (χ4n) is 2.84. The number of piperazine rings is 1. The van der Waals surface area contributed by atoms with Crippen molar-refractivity contribution in [2.24, 2.45) is 0 Å². The number of rotatable bonds is 7. The van der Waals surface area contributed by atoms with Crippen LogP contribution in [0, 0.1) is 0 Å². The number of aryl methyl sites for hydroxylation is 1. The number of amides is 1. The summed E-state index contributed by atoms with van der Waals surface area (Å²) in [7, 11) is 2.11. The van der Waals surface area contributed by atoms with Crippen LogP contribution in [0.25, 0.3) is 0 Å². The summed E-state index contributed by atoms with van der Waals surface area (Å²) in [6.45, 7) is 3.77. The van der Waals surface area contributed by atoms with Gasteiger partial charge in [0.25, 0.3) is 0 Å². The minimum absolute atomic E-state index is 0.325. The minimum Gasteiger partial charge on any atom is -0.508 e. The maximum absolute atomic E-state index is 12.1. The van der Waals surface area contributed by atoms with Crippen molar-refractivity contribution in [3.63, 3.8) is 0 Å². The van der Waals surface area contributed by atoms with Crippen LogP contribution in [0.1, 0.15) is 37.7 Å². The lowest BCUT2D eigenvalue weighted by molar-refractivity contribution is -0.132. The highest BCUT2D eigenvalue weighted by atomic mass is 16.3. The van der Waals surface area contributed by atoms with Crippen LogP contribution in [0.2, 0.25) is 0 Å². The zero-order valence-electron chi connectivity index (χ0n) is 13.6. The molecule has 0 unspecified atom stereocenters.